The van der Waals surface area contributed by atoms with E-state index in [0.717, 1.165) is 68.5 Å². The quantitative estimate of drug-likeness (QED) is 0.511. The van der Waals surface area contributed by atoms with E-state index >= 15 is 0 Å². The average Bonchev–Trinajstić information content (AvgIpc) is 3.53. The van der Waals surface area contributed by atoms with Crippen molar-refractivity contribution in [1.82, 2.24) is 19.7 Å². The minimum absolute atomic E-state index is 0.00129. The highest BCUT2D eigenvalue weighted by molar-refractivity contribution is 5.92. The minimum Gasteiger partial charge on any atom is -0.463 e. The molecule has 0 radical (unpaired) electrons. The molecule has 0 aliphatic heterocycles. The predicted octanol–water partition coefficient (Wildman–Crippen LogP) is 5.03. The summed E-state index contributed by atoms with van der Waals surface area (Å²) in [5.74, 6) is 2.13. The molecule has 1 fully saturated rings. The van der Waals surface area contributed by atoms with Crippen LogP contribution in [0.15, 0.2) is 33.7 Å². The highest BCUT2D eigenvalue weighted by Crippen LogP contribution is 2.33. The van der Waals surface area contributed by atoms with Crippen molar-refractivity contribution in [3.05, 3.63) is 46.1 Å². The molecule has 3 aromatic heterocycles. The molecule has 1 saturated carbocycles. The normalized spacial score (nSPS) is 20.1. The van der Waals surface area contributed by atoms with Gasteiger partial charge in [0.25, 0.3) is 5.56 Å². The van der Waals surface area contributed by atoms with Crippen LogP contribution in [0.2, 0.25) is 0 Å². The SMILES string of the molecule is CCCCC1CCC(C(=O)Nc2cc(-c3ccco3)nn2-c2nc3c(c(=O)[nH]2)CCCC3)CC1. The third kappa shape index (κ3) is 4.72. The van der Waals surface area contributed by atoms with Crippen molar-refractivity contribution >= 4 is 11.7 Å². The van der Waals surface area contributed by atoms with Gasteiger partial charge >= 0.3 is 0 Å². The Hall–Kier alpha value is -3.16. The van der Waals surface area contributed by atoms with Gasteiger partial charge < -0.3 is 9.73 Å². The number of nitrogens with zero attached hydrogens (tertiary/aromatic N) is 3. The van der Waals surface area contributed by atoms with Gasteiger partial charge in [0.15, 0.2) is 5.76 Å². The van der Waals surface area contributed by atoms with E-state index in [4.69, 9.17) is 9.40 Å². The van der Waals surface area contributed by atoms with Gasteiger partial charge in [-0.25, -0.2) is 4.98 Å². The van der Waals surface area contributed by atoms with Crippen LogP contribution in [0.1, 0.15) is 76.0 Å². The first kappa shape index (κ1) is 22.6. The van der Waals surface area contributed by atoms with E-state index in [2.05, 4.69) is 22.3 Å². The zero-order valence-corrected chi connectivity index (χ0v) is 19.8. The van der Waals surface area contributed by atoms with Crippen LogP contribution < -0.4 is 10.9 Å². The second-order valence-electron chi connectivity index (χ2n) is 9.67. The van der Waals surface area contributed by atoms with Crippen molar-refractivity contribution in [2.24, 2.45) is 11.8 Å². The Labute approximate surface area is 199 Å². The van der Waals surface area contributed by atoms with Crippen molar-refractivity contribution in [3.8, 4) is 17.4 Å². The third-order valence-electron chi connectivity index (χ3n) is 7.30. The molecular formula is C26H33N5O3. The molecule has 180 valence electrons. The molecule has 0 unspecified atom stereocenters. The van der Waals surface area contributed by atoms with Gasteiger partial charge in [-0.05, 0) is 69.4 Å². The zero-order chi connectivity index (χ0) is 23.5. The monoisotopic (exact) mass is 463 g/mol. The lowest BCUT2D eigenvalue weighted by Crippen LogP contribution is -2.29. The summed E-state index contributed by atoms with van der Waals surface area (Å²) in [6.45, 7) is 2.23. The summed E-state index contributed by atoms with van der Waals surface area (Å²) < 4.78 is 7.05. The number of furan rings is 1. The topological polar surface area (TPSA) is 106 Å². The molecule has 0 aromatic carbocycles. The van der Waals surface area contributed by atoms with E-state index in [0.29, 0.717) is 23.2 Å². The summed E-state index contributed by atoms with van der Waals surface area (Å²) in [6, 6.07) is 5.39. The molecule has 0 saturated heterocycles. The molecule has 3 aromatic rings. The van der Waals surface area contributed by atoms with Crippen LogP contribution in [-0.4, -0.2) is 25.7 Å². The number of unbranched alkanes of at least 4 members (excludes halogenated alkanes) is 1. The first-order chi connectivity index (χ1) is 16.6. The van der Waals surface area contributed by atoms with Gasteiger partial charge in [-0.3, -0.25) is 14.6 Å². The van der Waals surface area contributed by atoms with Crippen molar-refractivity contribution in [1.29, 1.82) is 0 Å². The molecule has 5 rings (SSSR count). The molecule has 8 heteroatoms. The van der Waals surface area contributed by atoms with E-state index in [9.17, 15) is 9.59 Å². The van der Waals surface area contributed by atoms with E-state index < -0.39 is 0 Å². The van der Waals surface area contributed by atoms with E-state index in [1.165, 1.54) is 23.9 Å². The summed E-state index contributed by atoms with van der Waals surface area (Å²) in [5.41, 5.74) is 2.03. The molecule has 1 amide bonds. The summed E-state index contributed by atoms with van der Waals surface area (Å²) >= 11 is 0. The number of aromatic amines is 1. The van der Waals surface area contributed by atoms with Crippen LogP contribution in [0.5, 0.6) is 0 Å². The van der Waals surface area contributed by atoms with Gasteiger partial charge in [-0.15, -0.1) is 0 Å². The molecule has 8 nitrogen and oxygen atoms in total. The van der Waals surface area contributed by atoms with Crippen LogP contribution >= 0.6 is 0 Å². The lowest BCUT2D eigenvalue weighted by Gasteiger charge is -2.27. The highest BCUT2D eigenvalue weighted by atomic mass is 16.3. The van der Waals surface area contributed by atoms with Crippen molar-refractivity contribution in [3.63, 3.8) is 0 Å². The van der Waals surface area contributed by atoms with Crippen molar-refractivity contribution in [2.45, 2.75) is 77.6 Å². The number of fused-ring (bicyclic) bond motifs is 1. The lowest BCUT2D eigenvalue weighted by molar-refractivity contribution is -0.121. The maximum atomic E-state index is 13.2. The first-order valence-corrected chi connectivity index (χ1v) is 12.7. The maximum absolute atomic E-state index is 13.2. The minimum atomic E-state index is -0.127. The second kappa shape index (κ2) is 9.99. The Balaban J connectivity index is 1.41. The fraction of sp³-hybridized carbons (Fsp3) is 0.538. The number of rotatable bonds is 7. The fourth-order valence-electron chi connectivity index (χ4n) is 5.30. The Bertz CT molecular complexity index is 1190. The summed E-state index contributed by atoms with van der Waals surface area (Å²) in [6.07, 6.45) is 12.9. The maximum Gasteiger partial charge on any atom is 0.255 e. The lowest BCUT2D eigenvalue weighted by atomic mass is 9.79. The second-order valence-corrected chi connectivity index (χ2v) is 9.67. The molecule has 0 atom stereocenters. The zero-order valence-electron chi connectivity index (χ0n) is 19.8. The fourth-order valence-corrected chi connectivity index (χ4v) is 5.30. The van der Waals surface area contributed by atoms with E-state index in [1.54, 1.807) is 18.4 Å². The van der Waals surface area contributed by atoms with Gasteiger partial charge in [0, 0.05) is 17.5 Å². The Morgan fingerprint density at radius 3 is 2.82 bits per heavy atom. The average molecular weight is 464 g/mol. The number of carbonyl (C=O) groups excluding carboxylic acids is 1. The molecule has 2 N–H and O–H groups in total. The number of H-pyrrole nitrogens is 1. The van der Waals surface area contributed by atoms with Crippen LogP contribution in [0.25, 0.3) is 17.4 Å². The number of nitrogens with one attached hydrogen (secondary N) is 2. The van der Waals surface area contributed by atoms with Crippen LogP contribution in [0.3, 0.4) is 0 Å². The Morgan fingerprint density at radius 2 is 2.06 bits per heavy atom. The van der Waals surface area contributed by atoms with Gasteiger partial charge in [0.05, 0.1) is 12.0 Å². The number of hydrogen-bond donors (Lipinski definition) is 2. The Morgan fingerprint density at radius 1 is 1.24 bits per heavy atom. The van der Waals surface area contributed by atoms with Crippen molar-refractivity contribution in [2.75, 3.05) is 5.32 Å². The van der Waals surface area contributed by atoms with Crippen molar-refractivity contribution < 1.29 is 9.21 Å². The van der Waals surface area contributed by atoms with Gasteiger partial charge in [0.1, 0.15) is 11.5 Å². The van der Waals surface area contributed by atoms with Crippen LogP contribution in [0, 0.1) is 11.8 Å². The van der Waals surface area contributed by atoms with E-state index in [-0.39, 0.29) is 17.4 Å². The summed E-state index contributed by atoms with van der Waals surface area (Å²) in [5, 5.41) is 7.71. The number of anilines is 1. The molecule has 34 heavy (non-hydrogen) atoms. The standard InChI is InChI=1S/C26H33N5O3/c1-2-3-7-17-11-13-18(14-12-17)24(32)28-23-16-21(22-10-6-15-34-22)30-31(23)26-27-20-9-5-4-8-19(20)25(33)29-26/h6,10,15-18H,2-5,7-9,11-14H2,1H3,(H,28,32)(H,27,29,33). The molecule has 3 heterocycles. The smallest absolute Gasteiger partial charge is 0.255 e. The molecule has 0 spiro atoms. The summed E-state index contributed by atoms with van der Waals surface area (Å²) in [4.78, 5) is 33.5. The van der Waals surface area contributed by atoms with Crippen LogP contribution in [0.4, 0.5) is 5.82 Å². The molecular weight excluding hydrogens is 430 g/mol. The molecule has 2 aliphatic rings. The van der Waals surface area contributed by atoms with Gasteiger partial charge in [-0.2, -0.15) is 9.78 Å². The number of aryl methyl sites for hydroxylation is 1. The third-order valence-corrected chi connectivity index (χ3v) is 7.30. The predicted molar refractivity (Wildman–Crippen MR) is 130 cm³/mol. The van der Waals surface area contributed by atoms with Crippen LogP contribution in [-0.2, 0) is 17.6 Å². The number of carbonyl (C=O) groups is 1. The molecule has 2 aliphatic carbocycles. The first-order valence-electron chi connectivity index (χ1n) is 12.7. The number of aromatic nitrogens is 4. The highest BCUT2D eigenvalue weighted by Gasteiger charge is 2.28. The van der Waals surface area contributed by atoms with E-state index in [1.807, 2.05) is 6.07 Å². The Kier molecular flexibility index (Phi) is 6.65. The number of amides is 1. The van der Waals surface area contributed by atoms with Gasteiger partial charge in [0.2, 0.25) is 11.9 Å². The largest absolute Gasteiger partial charge is 0.463 e. The molecule has 0 bridgehead atoms. The summed E-state index contributed by atoms with van der Waals surface area (Å²) in [7, 11) is 0. The van der Waals surface area contributed by atoms with Gasteiger partial charge in [-0.1, -0.05) is 26.2 Å². The number of hydrogen-bond acceptors (Lipinski definition) is 5.